The molecule has 0 aromatic heterocycles. The predicted molar refractivity (Wildman–Crippen MR) is 74.5 cm³/mol. The molecule has 1 aromatic carbocycles. The third kappa shape index (κ3) is 5.52. The summed E-state index contributed by atoms with van der Waals surface area (Å²) in [6.07, 6.45) is 3.32. The molecule has 3 heteroatoms. The molecule has 18 heavy (non-hydrogen) atoms. The van der Waals surface area contributed by atoms with Crippen molar-refractivity contribution < 1.29 is 9.84 Å². The van der Waals surface area contributed by atoms with Crippen LogP contribution in [0.5, 0.6) is 5.75 Å². The van der Waals surface area contributed by atoms with Gasteiger partial charge in [-0.1, -0.05) is 26.0 Å². The maximum Gasteiger partial charge on any atom is 0.119 e. The Bertz CT molecular complexity index is 333. The summed E-state index contributed by atoms with van der Waals surface area (Å²) in [7, 11) is 0. The third-order valence-corrected chi connectivity index (χ3v) is 3.18. The SMILES string of the molecule is CC(C)(CN)CCCCOc1ccc(CO)cc1. The van der Waals surface area contributed by atoms with E-state index in [9.17, 15) is 0 Å². The first-order chi connectivity index (χ1) is 8.57. The quantitative estimate of drug-likeness (QED) is 0.698. The summed E-state index contributed by atoms with van der Waals surface area (Å²) >= 11 is 0. The number of aliphatic hydroxyl groups is 1. The molecule has 0 spiro atoms. The van der Waals surface area contributed by atoms with Crippen molar-refractivity contribution in [1.29, 1.82) is 0 Å². The number of hydrogen-bond acceptors (Lipinski definition) is 3. The van der Waals surface area contributed by atoms with Gasteiger partial charge >= 0.3 is 0 Å². The van der Waals surface area contributed by atoms with Crippen LogP contribution in [-0.2, 0) is 6.61 Å². The average Bonchev–Trinajstić information content (AvgIpc) is 2.39. The number of aliphatic hydroxyl groups excluding tert-OH is 1. The highest BCUT2D eigenvalue weighted by Crippen LogP contribution is 2.21. The summed E-state index contributed by atoms with van der Waals surface area (Å²) in [6, 6.07) is 7.56. The van der Waals surface area contributed by atoms with Crippen LogP contribution in [0, 0.1) is 5.41 Å². The zero-order valence-electron chi connectivity index (χ0n) is 11.5. The lowest BCUT2D eigenvalue weighted by Gasteiger charge is -2.21. The van der Waals surface area contributed by atoms with Gasteiger partial charge in [0.25, 0.3) is 0 Å². The molecule has 0 radical (unpaired) electrons. The van der Waals surface area contributed by atoms with E-state index in [2.05, 4.69) is 13.8 Å². The first kappa shape index (κ1) is 15.0. The van der Waals surface area contributed by atoms with Crippen LogP contribution in [-0.4, -0.2) is 18.3 Å². The molecular formula is C15H25NO2. The van der Waals surface area contributed by atoms with E-state index in [1.807, 2.05) is 24.3 Å². The molecule has 1 aromatic rings. The van der Waals surface area contributed by atoms with Gasteiger partial charge in [0.2, 0.25) is 0 Å². The highest BCUT2D eigenvalue weighted by atomic mass is 16.5. The van der Waals surface area contributed by atoms with Gasteiger partial charge in [-0.3, -0.25) is 0 Å². The van der Waals surface area contributed by atoms with Crippen LogP contribution in [0.15, 0.2) is 24.3 Å². The Kier molecular flexibility index (Phi) is 6.16. The topological polar surface area (TPSA) is 55.5 Å². The Morgan fingerprint density at radius 2 is 1.83 bits per heavy atom. The minimum atomic E-state index is 0.0778. The molecule has 3 nitrogen and oxygen atoms in total. The van der Waals surface area contributed by atoms with Crippen molar-refractivity contribution in [2.75, 3.05) is 13.2 Å². The molecule has 0 heterocycles. The second kappa shape index (κ2) is 7.39. The number of nitrogens with two attached hydrogens (primary N) is 1. The van der Waals surface area contributed by atoms with Crippen LogP contribution < -0.4 is 10.5 Å². The van der Waals surface area contributed by atoms with Crippen molar-refractivity contribution in [3.8, 4) is 5.75 Å². The van der Waals surface area contributed by atoms with Crippen LogP contribution in [0.4, 0.5) is 0 Å². The number of hydrogen-bond donors (Lipinski definition) is 2. The van der Waals surface area contributed by atoms with Crippen molar-refractivity contribution in [2.24, 2.45) is 11.1 Å². The monoisotopic (exact) mass is 251 g/mol. The van der Waals surface area contributed by atoms with Gasteiger partial charge in [-0.2, -0.15) is 0 Å². The first-order valence-corrected chi connectivity index (χ1v) is 6.60. The Balaban J connectivity index is 2.17. The summed E-state index contributed by atoms with van der Waals surface area (Å²) in [6.45, 7) is 5.94. The lowest BCUT2D eigenvalue weighted by atomic mass is 9.87. The lowest BCUT2D eigenvalue weighted by Crippen LogP contribution is -2.23. The highest BCUT2D eigenvalue weighted by Gasteiger charge is 2.14. The maximum atomic E-state index is 8.92. The Labute approximate surface area is 110 Å². The smallest absolute Gasteiger partial charge is 0.119 e. The number of rotatable bonds is 8. The molecule has 3 N–H and O–H groups in total. The van der Waals surface area contributed by atoms with Crippen LogP contribution in [0.25, 0.3) is 0 Å². The predicted octanol–water partition coefficient (Wildman–Crippen LogP) is 2.71. The van der Waals surface area contributed by atoms with Gasteiger partial charge in [-0.15, -0.1) is 0 Å². The molecule has 0 saturated carbocycles. The number of benzene rings is 1. The summed E-state index contributed by atoms with van der Waals surface area (Å²) in [5, 5.41) is 8.92. The van der Waals surface area contributed by atoms with Gasteiger partial charge in [0, 0.05) is 0 Å². The summed E-state index contributed by atoms with van der Waals surface area (Å²) in [4.78, 5) is 0. The molecule has 102 valence electrons. The number of ether oxygens (including phenoxy) is 1. The molecule has 1 rings (SSSR count). The van der Waals surface area contributed by atoms with E-state index in [-0.39, 0.29) is 12.0 Å². The second-order valence-corrected chi connectivity index (χ2v) is 5.48. The normalized spacial score (nSPS) is 11.6. The van der Waals surface area contributed by atoms with E-state index < -0.39 is 0 Å². The minimum absolute atomic E-state index is 0.0778. The lowest BCUT2D eigenvalue weighted by molar-refractivity contribution is 0.276. The standard InChI is InChI=1S/C15H25NO2/c1-15(2,12-16)9-3-4-10-18-14-7-5-13(11-17)6-8-14/h5-8,17H,3-4,9-12,16H2,1-2H3. The highest BCUT2D eigenvalue weighted by molar-refractivity contribution is 5.26. The zero-order valence-corrected chi connectivity index (χ0v) is 11.5. The Hall–Kier alpha value is -1.06. The molecule has 0 aliphatic heterocycles. The van der Waals surface area contributed by atoms with Gasteiger partial charge in [-0.05, 0) is 48.9 Å². The molecule has 0 aliphatic carbocycles. The fraction of sp³-hybridized carbons (Fsp3) is 0.600. The van der Waals surface area contributed by atoms with Gasteiger partial charge in [-0.25, -0.2) is 0 Å². The van der Waals surface area contributed by atoms with Crippen LogP contribution in [0.3, 0.4) is 0 Å². The minimum Gasteiger partial charge on any atom is -0.494 e. The fourth-order valence-corrected chi connectivity index (χ4v) is 1.69. The molecule has 0 bridgehead atoms. The fourth-order valence-electron chi connectivity index (χ4n) is 1.69. The summed E-state index contributed by atoms with van der Waals surface area (Å²) in [5.41, 5.74) is 6.84. The van der Waals surface area contributed by atoms with E-state index >= 15 is 0 Å². The van der Waals surface area contributed by atoms with Crippen molar-refractivity contribution in [3.63, 3.8) is 0 Å². The average molecular weight is 251 g/mol. The molecule has 0 amide bonds. The second-order valence-electron chi connectivity index (χ2n) is 5.48. The molecular weight excluding hydrogens is 226 g/mol. The van der Waals surface area contributed by atoms with E-state index in [4.69, 9.17) is 15.6 Å². The van der Waals surface area contributed by atoms with Crippen molar-refractivity contribution in [3.05, 3.63) is 29.8 Å². The molecule has 0 fully saturated rings. The van der Waals surface area contributed by atoms with E-state index in [0.717, 1.165) is 43.7 Å². The van der Waals surface area contributed by atoms with Crippen LogP contribution in [0.1, 0.15) is 38.7 Å². The van der Waals surface area contributed by atoms with Crippen molar-refractivity contribution >= 4 is 0 Å². The number of unbranched alkanes of at least 4 members (excludes halogenated alkanes) is 1. The van der Waals surface area contributed by atoms with Gasteiger partial charge in [0.05, 0.1) is 13.2 Å². The maximum absolute atomic E-state index is 8.92. The van der Waals surface area contributed by atoms with Gasteiger partial charge in [0.15, 0.2) is 0 Å². The first-order valence-electron chi connectivity index (χ1n) is 6.60. The molecule has 0 aliphatic rings. The van der Waals surface area contributed by atoms with E-state index in [1.165, 1.54) is 0 Å². The van der Waals surface area contributed by atoms with Crippen molar-refractivity contribution in [1.82, 2.24) is 0 Å². The van der Waals surface area contributed by atoms with E-state index in [0.29, 0.717) is 0 Å². The van der Waals surface area contributed by atoms with E-state index in [1.54, 1.807) is 0 Å². The molecule has 0 atom stereocenters. The van der Waals surface area contributed by atoms with Crippen LogP contribution in [0.2, 0.25) is 0 Å². The Morgan fingerprint density at radius 1 is 1.17 bits per heavy atom. The molecule has 0 unspecified atom stereocenters. The van der Waals surface area contributed by atoms with Gasteiger partial charge < -0.3 is 15.6 Å². The summed E-state index contributed by atoms with van der Waals surface area (Å²) < 4.78 is 5.64. The van der Waals surface area contributed by atoms with Crippen molar-refractivity contribution in [2.45, 2.75) is 39.7 Å². The van der Waals surface area contributed by atoms with Crippen LogP contribution >= 0.6 is 0 Å². The molecule has 0 saturated heterocycles. The van der Waals surface area contributed by atoms with Gasteiger partial charge in [0.1, 0.15) is 5.75 Å². The zero-order chi connectivity index (χ0) is 13.4. The summed E-state index contributed by atoms with van der Waals surface area (Å²) in [5.74, 6) is 0.866. The Morgan fingerprint density at radius 3 is 2.39 bits per heavy atom. The third-order valence-electron chi connectivity index (χ3n) is 3.18. The largest absolute Gasteiger partial charge is 0.494 e.